The molecule has 0 bridgehead atoms. The van der Waals surface area contributed by atoms with Gasteiger partial charge in [0.2, 0.25) is 10.0 Å². The first-order valence-corrected chi connectivity index (χ1v) is 9.96. The lowest BCUT2D eigenvalue weighted by Crippen LogP contribution is -2.48. The maximum Gasteiger partial charge on any atom is 0.246 e. The number of para-hydroxylation sites is 2. The second kappa shape index (κ2) is 6.99. The third kappa shape index (κ3) is 3.45. The number of hydrogen-bond donors (Lipinski definition) is 0. The quantitative estimate of drug-likeness (QED) is 0.684. The van der Waals surface area contributed by atoms with Crippen LogP contribution in [0.15, 0.2) is 53.7 Å². The van der Waals surface area contributed by atoms with E-state index in [-0.39, 0.29) is 13.1 Å². The van der Waals surface area contributed by atoms with Crippen LogP contribution in [-0.4, -0.2) is 53.4 Å². The van der Waals surface area contributed by atoms with Crippen LogP contribution in [0.4, 0.5) is 8.78 Å². The molecule has 142 valence electrons. The molecule has 0 spiro atoms. The van der Waals surface area contributed by atoms with E-state index in [1.54, 1.807) is 6.33 Å². The van der Waals surface area contributed by atoms with Gasteiger partial charge in [-0.25, -0.2) is 22.2 Å². The Morgan fingerprint density at radius 1 is 1.00 bits per heavy atom. The van der Waals surface area contributed by atoms with Gasteiger partial charge in [-0.1, -0.05) is 12.1 Å². The van der Waals surface area contributed by atoms with Gasteiger partial charge in [-0.05, 0) is 24.3 Å². The highest BCUT2D eigenvalue weighted by Crippen LogP contribution is 2.22. The number of piperazine rings is 1. The van der Waals surface area contributed by atoms with E-state index in [1.165, 1.54) is 4.31 Å². The smallest absolute Gasteiger partial charge is 0.246 e. The molecule has 27 heavy (non-hydrogen) atoms. The van der Waals surface area contributed by atoms with Crippen molar-refractivity contribution in [1.82, 2.24) is 18.8 Å². The average molecular weight is 392 g/mol. The van der Waals surface area contributed by atoms with E-state index >= 15 is 0 Å². The molecule has 1 aliphatic heterocycles. The summed E-state index contributed by atoms with van der Waals surface area (Å²) in [5.74, 6) is -1.87. The van der Waals surface area contributed by atoms with Gasteiger partial charge in [-0.3, -0.25) is 4.90 Å². The van der Waals surface area contributed by atoms with E-state index < -0.39 is 26.6 Å². The molecule has 1 fully saturated rings. The average Bonchev–Trinajstić information content (AvgIpc) is 3.05. The van der Waals surface area contributed by atoms with Gasteiger partial charge in [0.1, 0.15) is 16.5 Å². The van der Waals surface area contributed by atoms with Crippen LogP contribution in [0.5, 0.6) is 0 Å². The number of hydrogen-bond acceptors (Lipinski definition) is 4. The third-order valence-electron chi connectivity index (χ3n) is 4.72. The van der Waals surface area contributed by atoms with Crippen LogP contribution in [0.1, 0.15) is 0 Å². The van der Waals surface area contributed by atoms with E-state index in [0.29, 0.717) is 25.8 Å². The normalized spacial score (nSPS) is 16.8. The minimum absolute atomic E-state index is 0.242. The Hall–Kier alpha value is -2.36. The Balaban J connectivity index is 1.45. The lowest BCUT2D eigenvalue weighted by Gasteiger charge is -2.34. The van der Waals surface area contributed by atoms with Gasteiger partial charge in [-0.2, -0.15) is 4.31 Å². The SMILES string of the molecule is O=S(=O)(c1ccc(F)cc1F)N1CCN(Cn2cnc3ccccc32)CC1. The molecule has 0 N–H and O–H groups in total. The van der Waals surface area contributed by atoms with Gasteiger partial charge >= 0.3 is 0 Å². The fraction of sp³-hybridized carbons (Fsp3) is 0.278. The monoisotopic (exact) mass is 392 g/mol. The number of benzene rings is 2. The summed E-state index contributed by atoms with van der Waals surface area (Å²) in [5.41, 5.74) is 1.92. The summed E-state index contributed by atoms with van der Waals surface area (Å²) in [7, 11) is -3.98. The Bertz CT molecular complexity index is 1080. The van der Waals surface area contributed by atoms with Gasteiger partial charge in [0.25, 0.3) is 0 Å². The highest BCUT2D eigenvalue weighted by molar-refractivity contribution is 7.89. The first kappa shape index (κ1) is 18.0. The summed E-state index contributed by atoms with van der Waals surface area (Å²) in [5, 5.41) is 0. The molecule has 6 nitrogen and oxygen atoms in total. The van der Waals surface area contributed by atoms with Crippen LogP contribution >= 0.6 is 0 Å². The summed E-state index contributed by atoms with van der Waals surface area (Å²) in [4.78, 5) is 5.98. The second-order valence-corrected chi connectivity index (χ2v) is 8.35. The lowest BCUT2D eigenvalue weighted by molar-refractivity contribution is 0.154. The number of nitrogens with zero attached hydrogens (tertiary/aromatic N) is 4. The van der Waals surface area contributed by atoms with Crippen LogP contribution in [0.2, 0.25) is 0 Å². The molecule has 0 aliphatic carbocycles. The van der Waals surface area contributed by atoms with Gasteiger partial charge in [0, 0.05) is 32.2 Å². The molecule has 1 aliphatic rings. The molecule has 3 aromatic rings. The molecule has 2 heterocycles. The van der Waals surface area contributed by atoms with E-state index in [9.17, 15) is 17.2 Å². The number of rotatable bonds is 4. The Kier molecular flexibility index (Phi) is 4.67. The first-order chi connectivity index (χ1) is 12.9. The number of aromatic nitrogens is 2. The molecule has 0 atom stereocenters. The first-order valence-electron chi connectivity index (χ1n) is 8.52. The van der Waals surface area contributed by atoms with Crippen molar-refractivity contribution in [3.05, 3.63) is 60.4 Å². The van der Waals surface area contributed by atoms with Crippen molar-refractivity contribution in [2.75, 3.05) is 26.2 Å². The highest BCUT2D eigenvalue weighted by Gasteiger charge is 2.30. The standard InChI is InChI=1S/C18H18F2N4O2S/c19-14-5-6-18(15(20)11-14)27(25,26)24-9-7-22(8-10-24)13-23-12-21-16-3-1-2-4-17(16)23/h1-6,11-12H,7-10,13H2. The molecule has 9 heteroatoms. The van der Waals surface area contributed by atoms with E-state index in [4.69, 9.17) is 0 Å². The van der Waals surface area contributed by atoms with Crippen LogP contribution in [0, 0.1) is 11.6 Å². The van der Waals surface area contributed by atoms with Crippen LogP contribution in [-0.2, 0) is 16.7 Å². The molecule has 1 saturated heterocycles. The summed E-state index contributed by atoms with van der Waals surface area (Å²) >= 11 is 0. The predicted molar refractivity (Wildman–Crippen MR) is 96.4 cm³/mol. The fourth-order valence-corrected chi connectivity index (χ4v) is 4.74. The largest absolute Gasteiger partial charge is 0.317 e. The lowest BCUT2D eigenvalue weighted by atomic mass is 10.3. The van der Waals surface area contributed by atoms with Crippen LogP contribution in [0.25, 0.3) is 11.0 Å². The zero-order valence-electron chi connectivity index (χ0n) is 14.4. The molecule has 2 aromatic carbocycles. The summed E-state index contributed by atoms with van der Waals surface area (Å²) in [6, 6.07) is 10.3. The Morgan fingerprint density at radius 2 is 1.74 bits per heavy atom. The minimum atomic E-state index is -3.98. The van der Waals surface area contributed by atoms with Crippen molar-refractivity contribution < 1.29 is 17.2 Å². The zero-order chi connectivity index (χ0) is 19.0. The topological polar surface area (TPSA) is 58.4 Å². The molecule has 0 radical (unpaired) electrons. The number of halogens is 2. The van der Waals surface area contributed by atoms with Crippen LogP contribution < -0.4 is 0 Å². The number of imidazole rings is 1. The molecule has 1 aromatic heterocycles. The van der Waals surface area contributed by atoms with Gasteiger partial charge in [0.05, 0.1) is 24.0 Å². The molecule has 0 saturated carbocycles. The van der Waals surface area contributed by atoms with Crippen molar-refractivity contribution in [3.8, 4) is 0 Å². The predicted octanol–water partition coefficient (Wildman–Crippen LogP) is 2.28. The molecule has 0 amide bonds. The third-order valence-corrected chi connectivity index (χ3v) is 6.65. The number of fused-ring (bicyclic) bond motifs is 1. The van der Waals surface area contributed by atoms with Gasteiger partial charge in [0.15, 0.2) is 0 Å². The number of sulfonamides is 1. The van der Waals surface area contributed by atoms with Gasteiger partial charge in [-0.15, -0.1) is 0 Å². The second-order valence-electron chi connectivity index (χ2n) is 6.44. The minimum Gasteiger partial charge on any atom is -0.317 e. The Morgan fingerprint density at radius 3 is 2.48 bits per heavy atom. The zero-order valence-corrected chi connectivity index (χ0v) is 15.2. The molecule has 0 unspecified atom stereocenters. The van der Waals surface area contributed by atoms with E-state index in [0.717, 1.165) is 23.2 Å². The molecular weight excluding hydrogens is 374 g/mol. The summed E-state index contributed by atoms with van der Waals surface area (Å²) in [6.45, 7) is 2.10. The van der Waals surface area contributed by atoms with Gasteiger partial charge < -0.3 is 4.57 Å². The maximum absolute atomic E-state index is 13.9. The van der Waals surface area contributed by atoms with E-state index in [1.807, 2.05) is 28.8 Å². The van der Waals surface area contributed by atoms with Crippen molar-refractivity contribution in [2.45, 2.75) is 11.6 Å². The fourth-order valence-electron chi connectivity index (χ4n) is 3.27. The summed E-state index contributed by atoms with van der Waals surface area (Å²) < 4.78 is 55.5. The van der Waals surface area contributed by atoms with Crippen LogP contribution in [0.3, 0.4) is 0 Å². The molecule has 4 rings (SSSR count). The maximum atomic E-state index is 13.9. The summed E-state index contributed by atoms with van der Waals surface area (Å²) in [6.07, 6.45) is 1.77. The Labute approximate surface area is 155 Å². The van der Waals surface area contributed by atoms with Crippen molar-refractivity contribution >= 4 is 21.1 Å². The van der Waals surface area contributed by atoms with Crippen molar-refractivity contribution in [1.29, 1.82) is 0 Å². The van der Waals surface area contributed by atoms with Crippen molar-refractivity contribution in [3.63, 3.8) is 0 Å². The van der Waals surface area contributed by atoms with Crippen molar-refractivity contribution in [2.24, 2.45) is 0 Å². The highest BCUT2D eigenvalue weighted by atomic mass is 32.2. The molecular formula is C18H18F2N4O2S. The van der Waals surface area contributed by atoms with E-state index in [2.05, 4.69) is 9.88 Å².